The van der Waals surface area contributed by atoms with Crippen molar-refractivity contribution in [1.82, 2.24) is 9.80 Å². The second-order valence-corrected chi connectivity index (χ2v) is 5.64. The molecule has 1 aromatic rings. The lowest BCUT2D eigenvalue weighted by Gasteiger charge is -2.38. The molecule has 0 aromatic heterocycles. The first-order valence-electron chi connectivity index (χ1n) is 7.72. The van der Waals surface area contributed by atoms with Gasteiger partial charge in [0.1, 0.15) is 6.04 Å². The van der Waals surface area contributed by atoms with Crippen LogP contribution in [0, 0.1) is 0 Å². The smallest absolute Gasteiger partial charge is 0.337 e. The Balaban J connectivity index is 2.05. The second-order valence-electron chi connectivity index (χ2n) is 5.64. The molecule has 0 N–H and O–H groups in total. The van der Waals surface area contributed by atoms with Crippen molar-refractivity contribution >= 4 is 17.8 Å². The maximum atomic E-state index is 12.4. The topological polar surface area (TPSA) is 76.2 Å². The summed E-state index contributed by atoms with van der Waals surface area (Å²) in [4.78, 5) is 39.3. The van der Waals surface area contributed by atoms with Crippen molar-refractivity contribution in [2.45, 2.75) is 19.5 Å². The molecule has 0 unspecified atom stereocenters. The number of amides is 2. The molecule has 0 aliphatic carbocycles. The highest BCUT2D eigenvalue weighted by Gasteiger charge is 2.36. The van der Waals surface area contributed by atoms with Gasteiger partial charge in [-0.05, 0) is 24.6 Å². The fourth-order valence-corrected chi connectivity index (χ4v) is 2.62. The number of rotatable bonds is 6. The van der Waals surface area contributed by atoms with Crippen LogP contribution in [0.4, 0.5) is 0 Å². The van der Waals surface area contributed by atoms with Gasteiger partial charge in [0.2, 0.25) is 11.8 Å². The van der Waals surface area contributed by atoms with Crippen molar-refractivity contribution in [2.24, 2.45) is 0 Å². The zero-order valence-electron chi connectivity index (χ0n) is 14.2. The van der Waals surface area contributed by atoms with E-state index in [4.69, 9.17) is 4.74 Å². The van der Waals surface area contributed by atoms with Crippen molar-refractivity contribution in [2.75, 3.05) is 33.9 Å². The average Bonchev–Trinajstić information content (AvgIpc) is 2.60. The van der Waals surface area contributed by atoms with Crippen molar-refractivity contribution in [3.05, 3.63) is 35.4 Å². The average molecular weight is 334 g/mol. The SMILES string of the molecule is COCCN1CC(=O)N(Cc2ccc(C(=O)OC)cc2)[C@@H](C)C1=O. The van der Waals surface area contributed by atoms with Gasteiger partial charge in [-0.25, -0.2) is 4.79 Å². The molecule has 1 saturated heterocycles. The van der Waals surface area contributed by atoms with Crippen LogP contribution in [-0.4, -0.2) is 67.5 Å². The van der Waals surface area contributed by atoms with Crippen LogP contribution in [0.15, 0.2) is 24.3 Å². The number of esters is 1. The molecule has 0 saturated carbocycles. The van der Waals surface area contributed by atoms with E-state index in [2.05, 4.69) is 4.74 Å². The summed E-state index contributed by atoms with van der Waals surface area (Å²) in [6.45, 7) is 2.92. The fraction of sp³-hybridized carbons (Fsp3) is 0.471. The number of methoxy groups -OCH3 is 2. The first-order chi connectivity index (χ1) is 11.5. The highest BCUT2D eigenvalue weighted by Crippen LogP contribution is 2.17. The number of piperazine rings is 1. The second kappa shape index (κ2) is 7.92. The Labute approximate surface area is 141 Å². The third-order valence-corrected chi connectivity index (χ3v) is 4.08. The summed E-state index contributed by atoms with van der Waals surface area (Å²) in [6, 6.07) is 6.28. The fourth-order valence-electron chi connectivity index (χ4n) is 2.62. The minimum absolute atomic E-state index is 0.0623. The first kappa shape index (κ1) is 17.9. The van der Waals surface area contributed by atoms with E-state index in [0.717, 1.165) is 5.56 Å². The molecule has 0 bridgehead atoms. The monoisotopic (exact) mass is 334 g/mol. The summed E-state index contributed by atoms with van der Waals surface area (Å²) in [5.41, 5.74) is 1.29. The molecule has 1 fully saturated rings. The van der Waals surface area contributed by atoms with E-state index < -0.39 is 12.0 Å². The molecule has 0 spiro atoms. The quantitative estimate of drug-likeness (QED) is 0.715. The van der Waals surface area contributed by atoms with Gasteiger partial charge in [0.15, 0.2) is 0 Å². The van der Waals surface area contributed by atoms with E-state index in [1.165, 1.54) is 12.0 Å². The Morgan fingerprint density at radius 1 is 1.21 bits per heavy atom. The first-order valence-corrected chi connectivity index (χ1v) is 7.72. The number of hydrogen-bond donors (Lipinski definition) is 0. The zero-order chi connectivity index (χ0) is 17.7. The van der Waals surface area contributed by atoms with Gasteiger partial charge in [-0.2, -0.15) is 0 Å². The van der Waals surface area contributed by atoms with E-state index >= 15 is 0 Å². The molecule has 7 nitrogen and oxygen atoms in total. The van der Waals surface area contributed by atoms with Gasteiger partial charge >= 0.3 is 5.97 Å². The Hall–Kier alpha value is -2.41. The van der Waals surface area contributed by atoms with Crippen LogP contribution >= 0.6 is 0 Å². The Morgan fingerprint density at radius 2 is 1.88 bits per heavy atom. The van der Waals surface area contributed by atoms with Crippen LogP contribution < -0.4 is 0 Å². The molecular weight excluding hydrogens is 312 g/mol. The molecule has 24 heavy (non-hydrogen) atoms. The normalized spacial score (nSPS) is 18.0. The van der Waals surface area contributed by atoms with Gasteiger partial charge in [-0.1, -0.05) is 12.1 Å². The Bertz CT molecular complexity index is 614. The predicted octanol–water partition coefficient (Wildman–Crippen LogP) is 0.679. The van der Waals surface area contributed by atoms with Gasteiger partial charge in [0, 0.05) is 20.2 Å². The van der Waals surface area contributed by atoms with Crippen LogP contribution in [-0.2, 0) is 25.6 Å². The summed E-state index contributed by atoms with van der Waals surface area (Å²) in [7, 11) is 2.88. The summed E-state index contributed by atoms with van der Waals surface area (Å²) in [5.74, 6) is -0.596. The van der Waals surface area contributed by atoms with Gasteiger partial charge in [-0.15, -0.1) is 0 Å². The lowest BCUT2D eigenvalue weighted by molar-refractivity contribution is -0.156. The van der Waals surface area contributed by atoms with E-state index in [1.807, 2.05) is 0 Å². The number of nitrogens with zero attached hydrogens (tertiary/aromatic N) is 2. The summed E-state index contributed by atoms with van der Waals surface area (Å²) in [5, 5.41) is 0. The summed E-state index contributed by atoms with van der Waals surface area (Å²) >= 11 is 0. The zero-order valence-corrected chi connectivity index (χ0v) is 14.2. The van der Waals surface area contributed by atoms with Crippen molar-refractivity contribution in [3.63, 3.8) is 0 Å². The van der Waals surface area contributed by atoms with Crippen LogP contribution in [0.25, 0.3) is 0 Å². The maximum absolute atomic E-state index is 12.4. The molecule has 1 aromatic carbocycles. The van der Waals surface area contributed by atoms with E-state index in [1.54, 1.807) is 43.2 Å². The van der Waals surface area contributed by atoms with Crippen molar-refractivity contribution in [3.8, 4) is 0 Å². The van der Waals surface area contributed by atoms with Crippen LogP contribution in [0.5, 0.6) is 0 Å². The molecule has 130 valence electrons. The molecule has 1 aliphatic rings. The molecule has 7 heteroatoms. The summed E-state index contributed by atoms with van der Waals surface area (Å²) < 4.78 is 9.62. The summed E-state index contributed by atoms with van der Waals surface area (Å²) in [6.07, 6.45) is 0. The lowest BCUT2D eigenvalue weighted by Crippen LogP contribution is -2.58. The number of hydrogen-bond acceptors (Lipinski definition) is 5. The third-order valence-electron chi connectivity index (χ3n) is 4.08. The van der Waals surface area contributed by atoms with Gasteiger partial charge in [-0.3, -0.25) is 9.59 Å². The lowest BCUT2D eigenvalue weighted by atomic mass is 10.1. The highest BCUT2D eigenvalue weighted by atomic mass is 16.5. The molecule has 1 aliphatic heterocycles. The van der Waals surface area contributed by atoms with E-state index in [9.17, 15) is 14.4 Å². The number of ether oxygens (including phenoxy) is 2. The van der Waals surface area contributed by atoms with Crippen LogP contribution in [0.1, 0.15) is 22.8 Å². The minimum Gasteiger partial charge on any atom is -0.465 e. The number of carbonyl (C=O) groups is 3. The van der Waals surface area contributed by atoms with Crippen LogP contribution in [0.2, 0.25) is 0 Å². The van der Waals surface area contributed by atoms with Gasteiger partial charge < -0.3 is 19.3 Å². The maximum Gasteiger partial charge on any atom is 0.337 e. The Morgan fingerprint density at radius 3 is 2.46 bits per heavy atom. The molecular formula is C17H22N2O5. The van der Waals surface area contributed by atoms with Gasteiger partial charge in [0.05, 0.1) is 25.8 Å². The minimum atomic E-state index is -0.525. The third kappa shape index (κ3) is 3.91. The van der Waals surface area contributed by atoms with Crippen molar-refractivity contribution in [1.29, 1.82) is 0 Å². The molecule has 0 radical (unpaired) electrons. The standard InChI is InChI=1S/C17H22N2O5/c1-12-16(21)18(8-9-23-2)11-15(20)19(12)10-13-4-6-14(7-5-13)17(22)24-3/h4-7,12H,8-11H2,1-3H3/t12-/m0/s1. The molecule has 2 rings (SSSR count). The Kier molecular flexibility index (Phi) is 5.92. The largest absolute Gasteiger partial charge is 0.465 e. The van der Waals surface area contributed by atoms with Crippen LogP contribution in [0.3, 0.4) is 0 Å². The highest BCUT2D eigenvalue weighted by molar-refractivity contribution is 5.94. The predicted molar refractivity (Wildman–Crippen MR) is 86.2 cm³/mol. The number of carbonyl (C=O) groups excluding carboxylic acids is 3. The van der Waals surface area contributed by atoms with Gasteiger partial charge in [0.25, 0.3) is 0 Å². The van der Waals surface area contributed by atoms with E-state index in [0.29, 0.717) is 25.3 Å². The molecule has 2 amide bonds. The number of benzene rings is 1. The molecule has 1 heterocycles. The van der Waals surface area contributed by atoms with Crippen molar-refractivity contribution < 1.29 is 23.9 Å². The molecule has 1 atom stereocenters. The van der Waals surface area contributed by atoms with E-state index in [-0.39, 0.29) is 18.4 Å².